The number of hydrogen-bond donors (Lipinski definition) is 0. The molecule has 3 nitrogen and oxygen atoms in total. The van der Waals surface area contributed by atoms with Crippen LogP contribution in [-0.4, -0.2) is 16.0 Å². The van der Waals surface area contributed by atoms with Crippen LogP contribution in [-0.2, 0) is 12.8 Å². The lowest BCUT2D eigenvalue weighted by molar-refractivity contribution is 0.0990. The van der Waals surface area contributed by atoms with Crippen molar-refractivity contribution in [3.8, 4) is 0 Å². The van der Waals surface area contributed by atoms with Crippen LogP contribution in [0.3, 0.4) is 0 Å². The van der Waals surface area contributed by atoms with Crippen molar-refractivity contribution in [1.82, 2.24) is 10.2 Å². The predicted molar refractivity (Wildman–Crippen MR) is 70.6 cm³/mol. The highest BCUT2D eigenvalue weighted by atomic mass is 19.1. The molecule has 0 bridgehead atoms. The number of halogens is 1. The van der Waals surface area contributed by atoms with E-state index < -0.39 is 0 Å². The molecule has 1 heterocycles. The van der Waals surface area contributed by atoms with Crippen LogP contribution < -0.4 is 0 Å². The van der Waals surface area contributed by atoms with Gasteiger partial charge in [-0.2, -0.15) is 10.2 Å². The summed E-state index contributed by atoms with van der Waals surface area (Å²) in [5.41, 5.74) is 2.29. The second-order valence-electron chi connectivity index (χ2n) is 4.39. The molecule has 0 aliphatic rings. The van der Waals surface area contributed by atoms with Crippen LogP contribution in [0.1, 0.15) is 34.2 Å². The standard InChI is InChI=1S/C15H15FN2O/c1-3-14-12(8-10(2)17-18-14)15(19)9-11-6-4-5-7-13(11)16/h4-8H,3,9H2,1-2H3. The van der Waals surface area contributed by atoms with Gasteiger partial charge in [-0.1, -0.05) is 25.1 Å². The Bertz CT molecular complexity index is 611. The zero-order chi connectivity index (χ0) is 13.8. The quantitative estimate of drug-likeness (QED) is 0.792. The molecule has 0 aliphatic heterocycles. The molecule has 0 spiro atoms. The first-order chi connectivity index (χ1) is 9.11. The minimum absolute atomic E-state index is 0.0464. The van der Waals surface area contributed by atoms with Crippen molar-refractivity contribution in [2.75, 3.05) is 0 Å². The molecule has 0 fully saturated rings. The van der Waals surface area contributed by atoms with Gasteiger partial charge in [0.2, 0.25) is 0 Å². The molecule has 19 heavy (non-hydrogen) atoms. The third-order valence-corrected chi connectivity index (χ3v) is 2.94. The summed E-state index contributed by atoms with van der Waals surface area (Å²) in [7, 11) is 0. The van der Waals surface area contributed by atoms with E-state index in [0.29, 0.717) is 28.9 Å². The summed E-state index contributed by atoms with van der Waals surface area (Å²) in [5.74, 6) is -0.479. The van der Waals surface area contributed by atoms with Gasteiger partial charge in [-0.05, 0) is 31.0 Å². The fraction of sp³-hybridized carbons (Fsp3) is 0.267. The monoisotopic (exact) mass is 258 g/mol. The van der Waals surface area contributed by atoms with Crippen molar-refractivity contribution in [1.29, 1.82) is 0 Å². The van der Waals surface area contributed by atoms with E-state index in [9.17, 15) is 9.18 Å². The highest BCUT2D eigenvalue weighted by Crippen LogP contribution is 2.14. The zero-order valence-corrected chi connectivity index (χ0v) is 11.0. The van der Waals surface area contributed by atoms with E-state index in [4.69, 9.17) is 0 Å². The largest absolute Gasteiger partial charge is 0.294 e. The van der Waals surface area contributed by atoms with Crippen molar-refractivity contribution >= 4 is 5.78 Å². The van der Waals surface area contributed by atoms with Crippen molar-refractivity contribution in [2.45, 2.75) is 26.7 Å². The van der Waals surface area contributed by atoms with Crippen molar-refractivity contribution in [3.05, 3.63) is 58.7 Å². The molecule has 0 saturated carbocycles. The van der Waals surface area contributed by atoms with Crippen LogP contribution in [0.4, 0.5) is 4.39 Å². The maximum absolute atomic E-state index is 13.5. The molecular weight excluding hydrogens is 243 g/mol. The first kappa shape index (κ1) is 13.3. The highest BCUT2D eigenvalue weighted by molar-refractivity contribution is 5.98. The summed E-state index contributed by atoms with van der Waals surface area (Å²) in [5, 5.41) is 7.96. The lowest BCUT2D eigenvalue weighted by atomic mass is 10.0. The maximum Gasteiger partial charge on any atom is 0.169 e. The molecule has 4 heteroatoms. The van der Waals surface area contributed by atoms with Gasteiger partial charge in [-0.25, -0.2) is 4.39 Å². The fourth-order valence-electron chi connectivity index (χ4n) is 1.93. The van der Waals surface area contributed by atoms with Crippen molar-refractivity contribution in [3.63, 3.8) is 0 Å². The van der Waals surface area contributed by atoms with Crippen LogP contribution in [0.5, 0.6) is 0 Å². The average Bonchev–Trinajstić information content (AvgIpc) is 2.41. The molecular formula is C15H15FN2O. The third kappa shape index (κ3) is 3.02. The molecule has 98 valence electrons. The third-order valence-electron chi connectivity index (χ3n) is 2.94. The van der Waals surface area contributed by atoms with E-state index in [1.54, 1.807) is 31.2 Å². The smallest absolute Gasteiger partial charge is 0.169 e. The molecule has 1 aromatic carbocycles. The normalized spacial score (nSPS) is 10.5. The van der Waals surface area contributed by atoms with Gasteiger partial charge in [0.15, 0.2) is 5.78 Å². The van der Waals surface area contributed by atoms with Gasteiger partial charge in [0.1, 0.15) is 5.82 Å². The summed E-state index contributed by atoms with van der Waals surface area (Å²) in [4.78, 5) is 12.3. The van der Waals surface area contributed by atoms with E-state index in [2.05, 4.69) is 10.2 Å². The van der Waals surface area contributed by atoms with Gasteiger partial charge in [0.25, 0.3) is 0 Å². The molecule has 0 unspecified atom stereocenters. The molecule has 0 amide bonds. The summed E-state index contributed by atoms with van der Waals surface area (Å²) < 4.78 is 13.5. The maximum atomic E-state index is 13.5. The molecule has 2 rings (SSSR count). The Hall–Kier alpha value is -2.10. The number of aromatic nitrogens is 2. The Morgan fingerprint density at radius 2 is 2.00 bits per heavy atom. The number of Topliss-reactive ketones (excluding diaryl/α,β-unsaturated/α-hetero) is 1. The second kappa shape index (κ2) is 5.69. The van der Waals surface area contributed by atoms with E-state index in [0.717, 1.165) is 0 Å². The summed E-state index contributed by atoms with van der Waals surface area (Å²) in [6, 6.07) is 8.04. The summed E-state index contributed by atoms with van der Waals surface area (Å²) >= 11 is 0. The van der Waals surface area contributed by atoms with Gasteiger partial charge < -0.3 is 0 Å². The number of hydrogen-bond acceptors (Lipinski definition) is 3. The fourth-order valence-corrected chi connectivity index (χ4v) is 1.93. The Balaban J connectivity index is 2.30. The summed E-state index contributed by atoms with van der Waals surface area (Å²) in [6.07, 6.45) is 0.677. The SMILES string of the molecule is CCc1nnc(C)cc1C(=O)Cc1ccccc1F. The van der Waals surface area contributed by atoms with Crippen LogP contribution in [0, 0.1) is 12.7 Å². The Labute approximate surface area is 111 Å². The average molecular weight is 258 g/mol. The number of rotatable bonds is 4. The first-order valence-electron chi connectivity index (χ1n) is 6.21. The first-order valence-corrected chi connectivity index (χ1v) is 6.21. The lowest BCUT2D eigenvalue weighted by Gasteiger charge is -2.07. The number of benzene rings is 1. The Morgan fingerprint density at radius 3 is 2.68 bits per heavy atom. The van der Waals surface area contributed by atoms with Crippen LogP contribution in [0.2, 0.25) is 0 Å². The Kier molecular flexibility index (Phi) is 4.00. The van der Waals surface area contributed by atoms with Crippen LogP contribution in [0.25, 0.3) is 0 Å². The van der Waals surface area contributed by atoms with Gasteiger partial charge in [0.05, 0.1) is 11.4 Å². The van der Waals surface area contributed by atoms with Crippen molar-refractivity contribution in [2.24, 2.45) is 0 Å². The molecule has 0 N–H and O–H groups in total. The van der Waals surface area contributed by atoms with Crippen LogP contribution >= 0.6 is 0 Å². The highest BCUT2D eigenvalue weighted by Gasteiger charge is 2.15. The minimum Gasteiger partial charge on any atom is -0.294 e. The molecule has 2 aromatic rings. The number of nitrogens with zero attached hydrogens (tertiary/aromatic N) is 2. The predicted octanol–water partition coefficient (Wildman–Crippen LogP) is 2.91. The molecule has 0 saturated heterocycles. The molecule has 0 aliphatic carbocycles. The van der Waals surface area contributed by atoms with Gasteiger partial charge in [-0.15, -0.1) is 0 Å². The van der Waals surface area contributed by atoms with E-state index in [1.807, 2.05) is 6.92 Å². The number of ketones is 1. The van der Waals surface area contributed by atoms with Gasteiger partial charge >= 0.3 is 0 Å². The number of carbonyl (C=O) groups is 1. The number of aryl methyl sites for hydroxylation is 2. The van der Waals surface area contributed by atoms with Crippen LogP contribution in [0.15, 0.2) is 30.3 Å². The van der Waals surface area contributed by atoms with Gasteiger partial charge in [0, 0.05) is 12.0 Å². The second-order valence-corrected chi connectivity index (χ2v) is 4.39. The van der Waals surface area contributed by atoms with Crippen molar-refractivity contribution < 1.29 is 9.18 Å². The minimum atomic E-state index is -0.354. The summed E-state index contributed by atoms with van der Waals surface area (Å²) in [6.45, 7) is 3.70. The molecule has 1 aromatic heterocycles. The van der Waals surface area contributed by atoms with E-state index >= 15 is 0 Å². The Morgan fingerprint density at radius 1 is 1.26 bits per heavy atom. The van der Waals surface area contributed by atoms with Gasteiger partial charge in [-0.3, -0.25) is 4.79 Å². The molecule has 0 atom stereocenters. The molecule has 0 radical (unpaired) electrons. The number of carbonyl (C=O) groups excluding carboxylic acids is 1. The topological polar surface area (TPSA) is 42.9 Å². The lowest BCUT2D eigenvalue weighted by Crippen LogP contribution is -2.11. The zero-order valence-electron chi connectivity index (χ0n) is 11.0. The van der Waals surface area contributed by atoms with E-state index in [1.165, 1.54) is 6.07 Å². The van der Waals surface area contributed by atoms with E-state index in [-0.39, 0.29) is 18.0 Å².